The van der Waals surface area contributed by atoms with Crippen molar-refractivity contribution in [1.82, 2.24) is 4.57 Å². The van der Waals surface area contributed by atoms with Gasteiger partial charge >= 0.3 is 5.97 Å². The summed E-state index contributed by atoms with van der Waals surface area (Å²) in [5.41, 5.74) is 0.281. The molecule has 2 aromatic rings. The zero-order valence-corrected chi connectivity index (χ0v) is 11.3. The van der Waals surface area contributed by atoms with Gasteiger partial charge < -0.3 is 9.30 Å². The van der Waals surface area contributed by atoms with Crippen molar-refractivity contribution in [3.8, 4) is 5.69 Å². The first kappa shape index (κ1) is 14.1. The van der Waals surface area contributed by atoms with Gasteiger partial charge in [0.1, 0.15) is 11.4 Å². The van der Waals surface area contributed by atoms with Crippen molar-refractivity contribution in [2.75, 3.05) is 6.61 Å². The van der Waals surface area contributed by atoms with Gasteiger partial charge in [-0.25, -0.2) is 4.79 Å². The molecule has 0 fully saturated rings. The van der Waals surface area contributed by atoms with Crippen molar-refractivity contribution in [1.29, 1.82) is 0 Å². The highest BCUT2D eigenvalue weighted by atomic mass is 35.5. The van der Waals surface area contributed by atoms with E-state index >= 15 is 0 Å². The summed E-state index contributed by atoms with van der Waals surface area (Å²) < 4.78 is 6.31. The zero-order valence-electron chi connectivity index (χ0n) is 10.6. The standard InChI is InChI=1S/C13H11ClN2O4/c1-2-20-13(17)11-4-3-7-15(11)12-8-9(14)5-6-10(12)16(18)19/h3-8H,2H2,1H3. The smallest absolute Gasteiger partial charge is 0.355 e. The van der Waals surface area contributed by atoms with E-state index in [0.717, 1.165) is 0 Å². The van der Waals surface area contributed by atoms with Gasteiger partial charge in [0.05, 0.1) is 11.5 Å². The van der Waals surface area contributed by atoms with Crippen LogP contribution in [-0.2, 0) is 4.74 Å². The van der Waals surface area contributed by atoms with Gasteiger partial charge in [0.25, 0.3) is 5.69 Å². The van der Waals surface area contributed by atoms with Crippen LogP contribution in [0, 0.1) is 10.1 Å². The van der Waals surface area contributed by atoms with Crippen molar-refractivity contribution in [2.24, 2.45) is 0 Å². The number of hydrogen-bond donors (Lipinski definition) is 0. The van der Waals surface area contributed by atoms with Gasteiger partial charge in [0, 0.05) is 17.3 Å². The van der Waals surface area contributed by atoms with Crippen molar-refractivity contribution >= 4 is 23.3 Å². The Kier molecular flexibility index (Phi) is 4.05. The molecule has 0 spiro atoms. The number of rotatable bonds is 4. The molecule has 1 heterocycles. The van der Waals surface area contributed by atoms with E-state index in [1.165, 1.54) is 28.8 Å². The second kappa shape index (κ2) is 5.75. The van der Waals surface area contributed by atoms with Crippen LogP contribution in [0.5, 0.6) is 0 Å². The fourth-order valence-corrected chi connectivity index (χ4v) is 1.97. The van der Waals surface area contributed by atoms with E-state index in [0.29, 0.717) is 5.02 Å². The Labute approximate surface area is 119 Å². The summed E-state index contributed by atoms with van der Waals surface area (Å²) in [4.78, 5) is 22.4. The zero-order chi connectivity index (χ0) is 14.7. The van der Waals surface area contributed by atoms with E-state index in [-0.39, 0.29) is 23.7 Å². The number of carbonyl (C=O) groups excluding carboxylic acids is 1. The molecular formula is C13H11ClN2O4. The molecule has 0 aliphatic carbocycles. The van der Waals surface area contributed by atoms with Gasteiger partial charge in [0.15, 0.2) is 0 Å². The second-order valence-electron chi connectivity index (χ2n) is 3.87. The van der Waals surface area contributed by atoms with Crippen LogP contribution in [0.25, 0.3) is 5.69 Å². The number of nitrogens with zero attached hydrogens (tertiary/aromatic N) is 2. The number of benzene rings is 1. The Balaban J connectivity index is 2.57. The summed E-state index contributed by atoms with van der Waals surface area (Å²) in [6.07, 6.45) is 1.55. The Morgan fingerprint density at radius 3 is 2.85 bits per heavy atom. The number of nitro groups is 1. The maximum absolute atomic E-state index is 11.8. The van der Waals surface area contributed by atoms with Crippen molar-refractivity contribution < 1.29 is 14.5 Å². The molecule has 0 saturated carbocycles. The fraction of sp³-hybridized carbons (Fsp3) is 0.154. The van der Waals surface area contributed by atoms with Gasteiger partial charge in [-0.1, -0.05) is 11.6 Å². The van der Waals surface area contributed by atoms with Crippen LogP contribution in [-0.4, -0.2) is 22.1 Å². The molecule has 0 unspecified atom stereocenters. The monoisotopic (exact) mass is 294 g/mol. The summed E-state index contributed by atoms with van der Waals surface area (Å²) in [5.74, 6) is -0.549. The largest absolute Gasteiger partial charge is 0.461 e. The van der Waals surface area contributed by atoms with Crippen LogP contribution in [0.3, 0.4) is 0 Å². The lowest BCUT2D eigenvalue weighted by Crippen LogP contribution is -2.11. The number of carbonyl (C=O) groups is 1. The van der Waals surface area contributed by atoms with Crippen LogP contribution in [0.4, 0.5) is 5.69 Å². The van der Waals surface area contributed by atoms with Crippen LogP contribution >= 0.6 is 11.6 Å². The van der Waals surface area contributed by atoms with Gasteiger partial charge in [-0.15, -0.1) is 0 Å². The lowest BCUT2D eigenvalue weighted by molar-refractivity contribution is -0.384. The predicted octanol–water partition coefficient (Wildman–Crippen LogP) is 3.22. The number of nitro benzene ring substituents is 1. The van der Waals surface area contributed by atoms with Crippen molar-refractivity contribution in [2.45, 2.75) is 6.92 Å². The fourth-order valence-electron chi connectivity index (χ4n) is 1.81. The average molecular weight is 295 g/mol. The summed E-state index contributed by atoms with van der Waals surface area (Å²) in [7, 11) is 0. The normalized spacial score (nSPS) is 10.3. The van der Waals surface area contributed by atoms with Crippen molar-refractivity contribution in [3.63, 3.8) is 0 Å². The number of aromatic nitrogens is 1. The topological polar surface area (TPSA) is 74.4 Å². The number of halogens is 1. The summed E-state index contributed by atoms with van der Waals surface area (Å²) >= 11 is 5.88. The molecule has 104 valence electrons. The lowest BCUT2D eigenvalue weighted by atomic mass is 10.2. The minimum atomic E-state index is -0.549. The predicted molar refractivity (Wildman–Crippen MR) is 73.4 cm³/mol. The van der Waals surface area contributed by atoms with E-state index in [1.807, 2.05) is 0 Å². The quantitative estimate of drug-likeness (QED) is 0.493. The maximum Gasteiger partial charge on any atom is 0.355 e. The SMILES string of the molecule is CCOC(=O)c1cccn1-c1cc(Cl)ccc1[N+](=O)[O-]. The number of ether oxygens (including phenoxy) is 1. The first-order valence-corrected chi connectivity index (χ1v) is 6.21. The van der Waals surface area contributed by atoms with Crippen LogP contribution < -0.4 is 0 Å². The number of esters is 1. The molecular weight excluding hydrogens is 284 g/mol. The first-order valence-electron chi connectivity index (χ1n) is 5.83. The summed E-state index contributed by atoms with van der Waals surface area (Å²) in [5, 5.41) is 11.4. The first-order chi connectivity index (χ1) is 9.54. The van der Waals surface area contributed by atoms with Crippen LogP contribution in [0.1, 0.15) is 17.4 Å². The minimum absolute atomic E-state index is 0.142. The summed E-state index contributed by atoms with van der Waals surface area (Å²) in [6, 6.07) is 7.30. The third kappa shape index (κ3) is 2.65. The molecule has 0 saturated heterocycles. The van der Waals surface area contributed by atoms with E-state index in [9.17, 15) is 14.9 Å². The molecule has 0 aliphatic heterocycles. The Bertz CT molecular complexity index is 666. The third-order valence-electron chi connectivity index (χ3n) is 2.63. The molecule has 1 aromatic carbocycles. The average Bonchev–Trinajstić information content (AvgIpc) is 2.87. The van der Waals surface area contributed by atoms with Crippen LogP contribution in [0.15, 0.2) is 36.5 Å². The van der Waals surface area contributed by atoms with Crippen molar-refractivity contribution in [3.05, 3.63) is 57.4 Å². The Morgan fingerprint density at radius 1 is 1.45 bits per heavy atom. The second-order valence-corrected chi connectivity index (χ2v) is 4.31. The molecule has 0 aliphatic rings. The minimum Gasteiger partial charge on any atom is -0.461 e. The van der Waals surface area contributed by atoms with Crippen LogP contribution in [0.2, 0.25) is 5.02 Å². The van der Waals surface area contributed by atoms with Gasteiger partial charge in [-0.05, 0) is 31.2 Å². The molecule has 0 amide bonds. The summed E-state index contributed by atoms with van der Waals surface area (Å²) in [6.45, 7) is 1.91. The molecule has 0 atom stereocenters. The van der Waals surface area contributed by atoms with Gasteiger partial charge in [-0.2, -0.15) is 0 Å². The molecule has 0 bridgehead atoms. The Morgan fingerprint density at radius 2 is 2.20 bits per heavy atom. The molecule has 1 aromatic heterocycles. The molecule has 0 N–H and O–H groups in total. The molecule has 20 heavy (non-hydrogen) atoms. The maximum atomic E-state index is 11.8. The Hall–Kier alpha value is -2.34. The van der Waals surface area contributed by atoms with E-state index in [1.54, 1.807) is 19.2 Å². The molecule has 6 nitrogen and oxygen atoms in total. The van der Waals surface area contributed by atoms with Gasteiger partial charge in [-0.3, -0.25) is 10.1 Å². The van der Waals surface area contributed by atoms with E-state index < -0.39 is 10.9 Å². The molecule has 7 heteroatoms. The molecule has 2 rings (SSSR count). The third-order valence-corrected chi connectivity index (χ3v) is 2.86. The molecule has 0 radical (unpaired) electrons. The van der Waals surface area contributed by atoms with Gasteiger partial charge in [0.2, 0.25) is 0 Å². The number of hydrogen-bond acceptors (Lipinski definition) is 4. The van der Waals surface area contributed by atoms with E-state index in [4.69, 9.17) is 16.3 Å². The lowest BCUT2D eigenvalue weighted by Gasteiger charge is -2.09. The highest BCUT2D eigenvalue weighted by molar-refractivity contribution is 6.30. The highest BCUT2D eigenvalue weighted by Crippen LogP contribution is 2.27. The highest BCUT2D eigenvalue weighted by Gasteiger charge is 2.20. The van der Waals surface area contributed by atoms with E-state index in [2.05, 4.69) is 0 Å².